The van der Waals surface area contributed by atoms with E-state index in [9.17, 15) is 13.2 Å². The van der Waals surface area contributed by atoms with Gasteiger partial charge in [-0.3, -0.25) is 4.79 Å². The molecule has 1 saturated heterocycles. The SMILES string of the molecule is O=C(C[NH+]1CCN(S(=O)(=O)/C=C/c2ccccc2)CC1)Nc1cccc(Cl)c1. The van der Waals surface area contributed by atoms with Crippen molar-refractivity contribution in [2.24, 2.45) is 0 Å². The zero-order chi connectivity index (χ0) is 20.0. The molecule has 1 amide bonds. The second-order valence-electron chi connectivity index (χ2n) is 6.64. The number of nitrogens with zero attached hydrogens (tertiary/aromatic N) is 1. The van der Waals surface area contributed by atoms with Crippen LogP contribution in [0.1, 0.15) is 5.56 Å². The molecule has 1 aliphatic heterocycles. The van der Waals surface area contributed by atoms with Gasteiger partial charge in [-0.25, -0.2) is 8.42 Å². The third-order valence-electron chi connectivity index (χ3n) is 4.54. The highest BCUT2D eigenvalue weighted by atomic mass is 35.5. The third kappa shape index (κ3) is 5.90. The van der Waals surface area contributed by atoms with Gasteiger partial charge >= 0.3 is 0 Å². The molecule has 0 radical (unpaired) electrons. The number of amides is 1. The maximum absolute atomic E-state index is 12.5. The van der Waals surface area contributed by atoms with Gasteiger partial charge in [-0.15, -0.1) is 0 Å². The molecule has 0 aromatic heterocycles. The van der Waals surface area contributed by atoms with E-state index in [0.29, 0.717) is 43.4 Å². The van der Waals surface area contributed by atoms with Gasteiger partial charge in [-0.1, -0.05) is 48.0 Å². The molecule has 2 N–H and O–H groups in total. The second kappa shape index (κ2) is 9.34. The fraction of sp³-hybridized carbons (Fsp3) is 0.250. The molecule has 6 nitrogen and oxygen atoms in total. The Bertz CT molecular complexity index is 940. The van der Waals surface area contributed by atoms with Gasteiger partial charge in [0.25, 0.3) is 5.91 Å². The van der Waals surface area contributed by atoms with Crippen molar-refractivity contribution in [1.82, 2.24) is 4.31 Å². The molecular weight excluding hydrogens is 398 g/mol. The number of anilines is 1. The van der Waals surface area contributed by atoms with Gasteiger partial charge in [0, 0.05) is 16.1 Å². The van der Waals surface area contributed by atoms with Crippen LogP contribution in [-0.2, 0) is 14.8 Å². The first-order valence-electron chi connectivity index (χ1n) is 9.05. The van der Waals surface area contributed by atoms with Crippen LogP contribution in [0.4, 0.5) is 5.69 Å². The number of hydrogen-bond acceptors (Lipinski definition) is 3. The minimum Gasteiger partial charge on any atom is -0.325 e. The second-order valence-corrected chi connectivity index (χ2v) is 8.90. The molecule has 1 heterocycles. The molecule has 0 spiro atoms. The van der Waals surface area contributed by atoms with Crippen molar-refractivity contribution in [3.05, 3.63) is 70.6 Å². The molecule has 1 fully saturated rings. The Morgan fingerprint density at radius 3 is 2.50 bits per heavy atom. The van der Waals surface area contributed by atoms with Crippen LogP contribution in [0.3, 0.4) is 0 Å². The van der Waals surface area contributed by atoms with Gasteiger partial charge in [-0.05, 0) is 29.8 Å². The maximum Gasteiger partial charge on any atom is 0.279 e. The van der Waals surface area contributed by atoms with Gasteiger partial charge in [-0.2, -0.15) is 4.31 Å². The van der Waals surface area contributed by atoms with E-state index in [1.807, 2.05) is 30.3 Å². The van der Waals surface area contributed by atoms with Crippen molar-refractivity contribution in [1.29, 1.82) is 0 Å². The third-order valence-corrected chi connectivity index (χ3v) is 6.34. The number of hydrogen-bond donors (Lipinski definition) is 2. The number of benzene rings is 2. The summed E-state index contributed by atoms with van der Waals surface area (Å²) in [6.07, 6.45) is 1.60. The first-order chi connectivity index (χ1) is 13.4. The van der Waals surface area contributed by atoms with Crippen LogP contribution in [-0.4, -0.2) is 51.4 Å². The van der Waals surface area contributed by atoms with Gasteiger partial charge < -0.3 is 10.2 Å². The van der Waals surface area contributed by atoms with E-state index in [-0.39, 0.29) is 5.91 Å². The Kier molecular flexibility index (Phi) is 6.85. The Morgan fingerprint density at radius 2 is 1.82 bits per heavy atom. The quantitative estimate of drug-likeness (QED) is 0.743. The summed E-state index contributed by atoms with van der Waals surface area (Å²) in [7, 11) is -3.46. The van der Waals surface area contributed by atoms with Gasteiger partial charge in [0.15, 0.2) is 6.54 Å². The van der Waals surface area contributed by atoms with Crippen LogP contribution in [0, 0.1) is 0 Å². The molecule has 2 aromatic rings. The van der Waals surface area contributed by atoms with Crippen LogP contribution >= 0.6 is 11.6 Å². The number of halogens is 1. The van der Waals surface area contributed by atoms with Gasteiger partial charge in [0.05, 0.1) is 26.2 Å². The zero-order valence-electron chi connectivity index (χ0n) is 15.3. The molecule has 1 aliphatic rings. The monoisotopic (exact) mass is 420 g/mol. The highest BCUT2D eigenvalue weighted by Gasteiger charge is 2.28. The van der Waals surface area contributed by atoms with E-state index < -0.39 is 10.0 Å². The topological polar surface area (TPSA) is 70.9 Å². The van der Waals surface area contributed by atoms with E-state index in [4.69, 9.17) is 11.6 Å². The van der Waals surface area contributed by atoms with E-state index >= 15 is 0 Å². The van der Waals surface area contributed by atoms with Crippen molar-refractivity contribution in [2.75, 3.05) is 38.0 Å². The van der Waals surface area contributed by atoms with Gasteiger partial charge in [0.2, 0.25) is 10.0 Å². The molecule has 148 valence electrons. The van der Waals surface area contributed by atoms with Crippen LogP contribution in [0.2, 0.25) is 5.02 Å². The van der Waals surface area contributed by atoms with Crippen LogP contribution in [0.15, 0.2) is 60.0 Å². The lowest BCUT2D eigenvalue weighted by atomic mass is 10.2. The molecule has 0 unspecified atom stereocenters. The summed E-state index contributed by atoms with van der Waals surface area (Å²) in [6, 6.07) is 16.3. The average Bonchev–Trinajstić information content (AvgIpc) is 2.68. The number of quaternary nitrogens is 1. The number of sulfonamides is 1. The molecule has 3 rings (SSSR count). The largest absolute Gasteiger partial charge is 0.325 e. The number of rotatable bonds is 6. The van der Waals surface area contributed by atoms with Crippen molar-refractivity contribution in [3.63, 3.8) is 0 Å². The predicted octanol–water partition coefficient (Wildman–Crippen LogP) is 1.48. The highest BCUT2D eigenvalue weighted by molar-refractivity contribution is 7.92. The number of piperazine rings is 1. The Morgan fingerprint density at radius 1 is 1.11 bits per heavy atom. The van der Waals surface area contributed by atoms with E-state index in [1.165, 1.54) is 9.71 Å². The smallest absolute Gasteiger partial charge is 0.279 e. The summed E-state index contributed by atoms with van der Waals surface area (Å²) >= 11 is 5.92. The lowest BCUT2D eigenvalue weighted by Crippen LogP contribution is -3.15. The highest BCUT2D eigenvalue weighted by Crippen LogP contribution is 2.14. The van der Waals surface area contributed by atoms with E-state index in [1.54, 1.807) is 30.3 Å². The maximum atomic E-state index is 12.5. The zero-order valence-corrected chi connectivity index (χ0v) is 16.9. The van der Waals surface area contributed by atoms with Crippen molar-refractivity contribution >= 4 is 39.3 Å². The average molecular weight is 421 g/mol. The molecule has 0 bridgehead atoms. The molecule has 28 heavy (non-hydrogen) atoms. The Balaban J connectivity index is 1.49. The number of carbonyl (C=O) groups excluding carboxylic acids is 1. The van der Waals surface area contributed by atoms with Crippen molar-refractivity contribution in [2.45, 2.75) is 0 Å². The Hall–Kier alpha value is -2.19. The van der Waals surface area contributed by atoms with Gasteiger partial charge in [0.1, 0.15) is 0 Å². The molecule has 0 aliphatic carbocycles. The standard InChI is InChI=1S/C20H22ClN3O3S/c21-18-7-4-8-19(15-18)22-20(25)16-23-10-12-24(13-11-23)28(26,27)14-9-17-5-2-1-3-6-17/h1-9,14-15H,10-13,16H2,(H,22,25)/p+1/b14-9+. The van der Waals surface area contributed by atoms with E-state index in [2.05, 4.69) is 5.32 Å². The molecule has 2 aromatic carbocycles. The summed E-state index contributed by atoms with van der Waals surface area (Å²) < 4.78 is 26.5. The lowest BCUT2D eigenvalue weighted by Gasteiger charge is -2.30. The number of nitrogens with one attached hydrogen (secondary N) is 2. The summed E-state index contributed by atoms with van der Waals surface area (Å²) in [4.78, 5) is 13.3. The predicted molar refractivity (Wildman–Crippen MR) is 112 cm³/mol. The minimum absolute atomic E-state index is 0.113. The summed E-state index contributed by atoms with van der Waals surface area (Å²) in [5.41, 5.74) is 1.50. The first-order valence-corrected chi connectivity index (χ1v) is 10.9. The van der Waals surface area contributed by atoms with Crippen molar-refractivity contribution in [3.8, 4) is 0 Å². The molecule has 0 saturated carbocycles. The minimum atomic E-state index is -3.46. The fourth-order valence-corrected chi connectivity index (χ4v) is 4.43. The normalized spacial score (nSPS) is 16.3. The van der Waals surface area contributed by atoms with Crippen LogP contribution < -0.4 is 10.2 Å². The van der Waals surface area contributed by atoms with E-state index in [0.717, 1.165) is 10.5 Å². The summed E-state index contributed by atoms with van der Waals surface area (Å²) in [5.74, 6) is -0.113. The van der Waals surface area contributed by atoms with Crippen molar-refractivity contribution < 1.29 is 18.1 Å². The number of carbonyl (C=O) groups is 1. The Labute approximate surface area is 170 Å². The molecule has 0 atom stereocenters. The van der Waals surface area contributed by atoms with Crippen LogP contribution in [0.5, 0.6) is 0 Å². The fourth-order valence-electron chi connectivity index (χ4n) is 3.05. The summed E-state index contributed by atoms with van der Waals surface area (Å²) in [6.45, 7) is 2.24. The lowest BCUT2D eigenvalue weighted by molar-refractivity contribution is -0.895. The first kappa shape index (κ1) is 20.5. The van der Waals surface area contributed by atoms with Crippen LogP contribution in [0.25, 0.3) is 6.08 Å². The molecule has 8 heteroatoms. The molecular formula is C20H23ClN3O3S+. The summed E-state index contributed by atoms with van der Waals surface area (Å²) in [5, 5.41) is 4.63.